The minimum absolute atomic E-state index is 0.128. The van der Waals surface area contributed by atoms with Gasteiger partial charge in [0.1, 0.15) is 18.1 Å². The molecule has 0 unspecified atom stereocenters. The van der Waals surface area contributed by atoms with Gasteiger partial charge in [-0.1, -0.05) is 17.7 Å². The first kappa shape index (κ1) is 23.3. The lowest BCUT2D eigenvalue weighted by atomic mass is 10.0. The van der Waals surface area contributed by atoms with E-state index in [0.717, 1.165) is 4.90 Å². The van der Waals surface area contributed by atoms with Crippen molar-refractivity contribution in [2.24, 2.45) is 0 Å². The van der Waals surface area contributed by atoms with Crippen molar-refractivity contribution in [3.63, 3.8) is 0 Å². The molecule has 0 radical (unpaired) electrons. The largest absolute Gasteiger partial charge is 0.478 e. The molecule has 0 bridgehead atoms. The number of aryl methyl sites for hydroxylation is 1. The van der Waals surface area contributed by atoms with Gasteiger partial charge in [0.15, 0.2) is 0 Å². The van der Waals surface area contributed by atoms with Crippen molar-refractivity contribution < 1.29 is 28.7 Å². The summed E-state index contributed by atoms with van der Waals surface area (Å²) < 4.78 is 5.79. The minimum atomic E-state index is -1.02. The number of carboxylic acids is 1. The average Bonchev–Trinajstić information content (AvgIpc) is 3.35. The molecule has 3 aromatic rings. The maximum absolute atomic E-state index is 12.7. The van der Waals surface area contributed by atoms with Gasteiger partial charge in [0.05, 0.1) is 10.5 Å². The number of halogens is 1. The van der Waals surface area contributed by atoms with Crippen LogP contribution in [-0.2, 0) is 9.59 Å². The standard InChI is InChI=1S/C24H17ClN2O6S/c1-13-10-14(23(30)31)2-8-18(13)19-9-7-17(33-19)11-20-22(29)27(24(32)34-20)12-21(28)26-16-5-3-15(25)4-6-16/h2-11H,12H2,1H3,(H,26,28)(H,30,31). The van der Waals surface area contributed by atoms with E-state index in [2.05, 4.69) is 5.32 Å². The van der Waals surface area contributed by atoms with E-state index in [0.29, 0.717) is 45.1 Å². The molecule has 2 N–H and O–H groups in total. The molecular weight excluding hydrogens is 480 g/mol. The number of thioether (sulfide) groups is 1. The number of furan rings is 1. The molecule has 34 heavy (non-hydrogen) atoms. The molecular formula is C24H17ClN2O6S. The second-order valence-electron chi connectivity index (χ2n) is 7.36. The predicted molar refractivity (Wildman–Crippen MR) is 129 cm³/mol. The van der Waals surface area contributed by atoms with E-state index in [4.69, 9.17) is 21.1 Å². The third-order valence-electron chi connectivity index (χ3n) is 4.94. The highest BCUT2D eigenvalue weighted by atomic mass is 35.5. The summed E-state index contributed by atoms with van der Waals surface area (Å²) in [6.45, 7) is 1.34. The van der Waals surface area contributed by atoms with E-state index in [1.54, 1.807) is 55.5 Å². The first-order valence-electron chi connectivity index (χ1n) is 9.96. The van der Waals surface area contributed by atoms with Crippen molar-refractivity contribution in [2.75, 3.05) is 11.9 Å². The highest BCUT2D eigenvalue weighted by molar-refractivity contribution is 8.18. The number of imide groups is 1. The third kappa shape index (κ3) is 5.05. The van der Waals surface area contributed by atoms with Crippen LogP contribution in [0.3, 0.4) is 0 Å². The van der Waals surface area contributed by atoms with Gasteiger partial charge in [-0.2, -0.15) is 0 Å². The Kier molecular flexibility index (Phi) is 6.58. The van der Waals surface area contributed by atoms with Crippen LogP contribution in [0.1, 0.15) is 21.7 Å². The summed E-state index contributed by atoms with van der Waals surface area (Å²) in [6.07, 6.45) is 1.44. The van der Waals surface area contributed by atoms with Crippen molar-refractivity contribution in [1.82, 2.24) is 4.90 Å². The van der Waals surface area contributed by atoms with E-state index < -0.39 is 29.6 Å². The molecule has 0 aliphatic carbocycles. The van der Waals surface area contributed by atoms with Crippen LogP contribution in [0.25, 0.3) is 17.4 Å². The van der Waals surface area contributed by atoms with Gasteiger partial charge in [-0.15, -0.1) is 0 Å². The zero-order valence-corrected chi connectivity index (χ0v) is 19.3. The summed E-state index contributed by atoms with van der Waals surface area (Å²) in [7, 11) is 0. The third-order valence-corrected chi connectivity index (χ3v) is 6.10. The number of carboxylic acid groups (broad SMARTS) is 1. The summed E-state index contributed by atoms with van der Waals surface area (Å²) in [6, 6.07) is 14.4. The molecule has 0 atom stereocenters. The van der Waals surface area contributed by atoms with Gasteiger partial charge in [-0.25, -0.2) is 4.79 Å². The number of carbonyl (C=O) groups excluding carboxylic acids is 3. The SMILES string of the molecule is Cc1cc(C(=O)O)ccc1-c1ccc(C=C2SC(=O)N(CC(=O)Nc3ccc(Cl)cc3)C2=O)o1. The molecule has 4 rings (SSSR count). The number of benzene rings is 2. The van der Waals surface area contributed by atoms with Crippen molar-refractivity contribution in [2.45, 2.75) is 6.92 Å². The van der Waals surface area contributed by atoms with E-state index in [1.807, 2.05) is 0 Å². The Balaban J connectivity index is 1.46. The van der Waals surface area contributed by atoms with Gasteiger partial charge in [-0.05, 0) is 72.8 Å². The molecule has 8 nitrogen and oxygen atoms in total. The number of carbonyl (C=O) groups is 4. The molecule has 1 aromatic heterocycles. The first-order valence-corrected chi connectivity index (χ1v) is 11.2. The zero-order valence-electron chi connectivity index (χ0n) is 17.7. The van der Waals surface area contributed by atoms with Gasteiger partial charge >= 0.3 is 5.97 Å². The second kappa shape index (κ2) is 9.58. The maximum atomic E-state index is 12.7. The van der Waals surface area contributed by atoms with Crippen LogP contribution >= 0.6 is 23.4 Å². The van der Waals surface area contributed by atoms with Gasteiger partial charge in [0, 0.05) is 22.3 Å². The smallest absolute Gasteiger partial charge is 0.335 e. The Morgan fingerprint density at radius 3 is 2.53 bits per heavy atom. The summed E-state index contributed by atoms with van der Waals surface area (Å²) in [4.78, 5) is 49.4. The molecule has 2 heterocycles. The number of nitrogens with one attached hydrogen (secondary N) is 1. The number of hydrogen-bond donors (Lipinski definition) is 2. The van der Waals surface area contributed by atoms with Crippen LogP contribution in [0.15, 0.2) is 63.9 Å². The van der Waals surface area contributed by atoms with Crippen LogP contribution in [0.4, 0.5) is 10.5 Å². The second-order valence-corrected chi connectivity index (χ2v) is 8.79. The molecule has 1 aliphatic rings. The monoisotopic (exact) mass is 496 g/mol. The summed E-state index contributed by atoms with van der Waals surface area (Å²) in [5.74, 6) is -1.31. The molecule has 172 valence electrons. The Morgan fingerprint density at radius 2 is 1.85 bits per heavy atom. The van der Waals surface area contributed by atoms with Crippen LogP contribution in [0, 0.1) is 6.92 Å². The fourth-order valence-electron chi connectivity index (χ4n) is 3.29. The van der Waals surface area contributed by atoms with Gasteiger partial charge < -0.3 is 14.8 Å². The summed E-state index contributed by atoms with van der Waals surface area (Å²) in [5.41, 5.74) is 2.08. The average molecular weight is 497 g/mol. The molecule has 0 spiro atoms. The predicted octanol–water partition coefficient (Wildman–Crippen LogP) is 5.28. The Morgan fingerprint density at radius 1 is 1.12 bits per heavy atom. The maximum Gasteiger partial charge on any atom is 0.335 e. The highest BCUT2D eigenvalue weighted by Crippen LogP contribution is 2.34. The number of hydrogen-bond acceptors (Lipinski definition) is 6. The lowest BCUT2D eigenvalue weighted by Crippen LogP contribution is -2.36. The molecule has 3 amide bonds. The fraction of sp³-hybridized carbons (Fsp3) is 0.0833. The van der Waals surface area contributed by atoms with Gasteiger partial charge in [-0.3, -0.25) is 19.3 Å². The molecule has 1 fully saturated rings. The molecule has 1 saturated heterocycles. The summed E-state index contributed by atoms with van der Waals surface area (Å²) >= 11 is 6.54. The lowest BCUT2D eigenvalue weighted by molar-refractivity contribution is -0.127. The van der Waals surface area contributed by atoms with Crippen molar-refractivity contribution in [3.05, 3.63) is 81.4 Å². The Bertz CT molecular complexity index is 1350. The Hall–Kier alpha value is -3.82. The van der Waals surface area contributed by atoms with E-state index in [1.165, 1.54) is 12.1 Å². The van der Waals surface area contributed by atoms with Crippen LogP contribution in [0.5, 0.6) is 0 Å². The van der Waals surface area contributed by atoms with Crippen molar-refractivity contribution >= 4 is 58.1 Å². The number of amides is 3. The summed E-state index contributed by atoms with van der Waals surface area (Å²) in [5, 5.41) is 11.7. The zero-order chi connectivity index (χ0) is 24.4. The number of nitrogens with zero attached hydrogens (tertiary/aromatic N) is 1. The minimum Gasteiger partial charge on any atom is -0.478 e. The molecule has 2 aromatic carbocycles. The molecule has 0 saturated carbocycles. The van der Waals surface area contributed by atoms with E-state index in [9.17, 15) is 19.2 Å². The van der Waals surface area contributed by atoms with Crippen LogP contribution in [0.2, 0.25) is 5.02 Å². The quantitative estimate of drug-likeness (QED) is 0.446. The van der Waals surface area contributed by atoms with Gasteiger partial charge in [0.2, 0.25) is 5.91 Å². The molecule has 1 aliphatic heterocycles. The van der Waals surface area contributed by atoms with Crippen LogP contribution in [-0.4, -0.2) is 39.6 Å². The highest BCUT2D eigenvalue weighted by Gasteiger charge is 2.36. The first-order chi connectivity index (χ1) is 16.2. The number of rotatable bonds is 6. The number of aromatic carboxylic acids is 1. The van der Waals surface area contributed by atoms with Gasteiger partial charge in [0.25, 0.3) is 11.1 Å². The fourth-order valence-corrected chi connectivity index (χ4v) is 4.24. The normalized spacial score (nSPS) is 14.6. The number of anilines is 1. The van der Waals surface area contributed by atoms with E-state index >= 15 is 0 Å². The van der Waals surface area contributed by atoms with Crippen LogP contribution < -0.4 is 5.32 Å². The lowest BCUT2D eigenvalue weighted by Gasteiger charge is -2.12. The molecule has 10 heteroatoms. The topological polar surface area (TPSA) is 117 Å². The van der Waals surface area contributed by atoms with Crippen molar-refractivity contribution in [3.8, 4) is 11.3 Å². The van der Waals surface area contributed by atoms with E-state index in [-0.39, 0.29) is 10.5 Å². The Labute approximate surface area is 203 Å². The van der Waals surface area contributed by atoms with Crippen molar-refractivity contribution in [1.29, 1.82) is 0 Å².